The van der Waals surface area contributed by atoms with Gasteiger partial charge in [0, 0.05) is 10.6 Å². The van der Waals surface area contributed by atoms with Crippen LogP contribution in [0.1, 0.15) is 11.1 Å². The molecule has 0 aliphatic rings. The highest BCUT2D eigenvalue weighted by molar-refractivity contribution is 7.98. The van der Waals surface area contributed by atoms with Gasteiger partial charge in [-0.25, -0.2) is 10.2 Å². The van der Waals surface area contributed by atoms with Gasteiger partial charge in [-0.1, -0.05) is 36.4 Å². The fraction of sp³-hybridized carbons (Fsp3) is 0.133. The summed E-state index contributed by atoms with van der Waals surface area (Å²) in [5.41, 5.74) is 4.07. The molecule has 0 aromatic heterocycles. The Labute approximate surface area is 121 Å². The molecule has 0 aliphatic carbocycles. The van der Waals surface area contributed by atoms with Crippen LogP contribution in [-0.2, 0) is 17.0 Å². The predicted octanol–water partition coefficient (Wildman–Crippen LogP) is 2.65. The summed E-state index contributed by atoms with van der Waals surface area (Å²) in [6, 6.07) is 14.4. The smallest absolute Gasteiger partial charge is 0.238 e. The van der Waals surface area contributed by atoms with E-state index < -0.39 is 0 Å². The van der Waals surface area contributed by atoms with E-state index >= 15 is 0 Å². The van der Waals surface area contributed by atoms with Crippen LogP contribution in [0.15, 0.2) is 53.4 Å². The lowest BCUT2D eigenvalue weighted by Crippen LogP contribution is -2.31. The van der Waals surface area contributed by atoms with Crippen molar-refractivity contribution in [2.45, 2.75) is 17.1 Å². The van der Waals surface area contributed by atoms with E-state index in [2.05, 4.69) is 5.43 Å². The number of carbonyl (C=O) groups excluding carboxylic acids is 1. The molecule has 0 aliphatic heterocycles. The van der Waals surface area contributed by atoms with Crippen LogP contribution >= 0.6 is 11.8 Å². The van der Waals surface area contributed by atoms with Crippen LogP contribution < -0.4 is 11.3 Å². The molecule has 0 fully saturated rings. The molecule has 3 nitrogen and oxygen atoms in total. The number of nitrogens with two attached hydrogens (primary N) is 1. The summed E-state index contributed by atoms with van der Waals surface area (Å²) in [4.78, 5) is 11.8. The Balaban J connectivity index is 1.94. The third-order valence-corrected chi connectivity index (χ3v) is 3.90. The van der Waals surface area contributed by atoms with E-state index in [1.165, 1.54) is 17.8 Å². The average molecular weight is 290 g/mol. The summed E-state index contributed by atoms with van der Waals surface area (Å²) in [6.07, 6.45) is 0.261. The van der Waals surface area contributed by atoms with Gasteiger partial charge in [-0.05, 0) is 23.3 Å². The molecule has 2 rings (SSSR count). The van der Waals surface area contributed by atoms with E-state index in [9.17, 15) is 9.18 Å². The summed E-state index contributed by atoms with van der Waals surface area (Å²) >= 11 is 1.45. The van der Waals surface area contributed by atoms with Crippen molar-refractivity contribution in [2.75, 3.05) is 0 Å². The van der Waals surface area contributed by atoms with Crippen molar-refractivity contribution in [1.82, 2.24) is 5.43 Å². The molecule has 104 valence electrons. The van der Waals surface area contributed by atoms with Gasteiger partial charge in [-0.2, -0.15) is 0 Å². The maximum absolute atomic E-state index is 13.5. The molecule has 0 unspecified atom stereocenters. The van der Waals surface area contributed by atoms with Crippen molar-refractivity contribution in [3.8, 4) is 0 Å². The fourth-order valence-electron chi connectivity index (χ4n) is 1.71. The van der Waals surface area contributed by atoms with E-state index in [-0.39, 0.29) is 18.1 Å². The molecule has 0 saturated heterocycles. The SMILES string of the molecule is NNC(=O)Cc1ccc(CSc2ccccc2F)cc1. The van der Waals surface area contributed by atoms with Crippen molar-refractivity contribution < 1.29 is 9.18 Å². The Morgan fingerprint density at radius 1 is 1.10 bits per heavy atom. The molecular weight excluding hydrogens is 275 g/mol. The van der Waals surface area contributed by atoms with E-state index in [1.54, 1.807) is 12.1 Å². The number of nitrogens with one attached hydrogen (secondary N) is 1. The van der Waals surface area contributed by atoms with Crippen molar-refractivity contribution in [3.05, 3.63) is 65.5 Å². The van der Waals surface area contributed by atoms with Crippen molar-refractivity contribution in [2.24, 2.45) is 5.84 Å². The highest BCUT2D eigenvalue weighted by atomic mass is 32.2. The lowest BCUT2D eigenvalue weighted by atomic mass is 10.1. The minimum atomic E-state index is -0.224. The average Bonchev–Trinajstić information content (AvgIpc) is 2.48. The molecule has 5 heteroatoms. The first kappa shape index (κ1) is 14.6. The van der Waals surface area contributed by atoms with Gasteiger partial charge in [0.25, 0.3) is 0 Å². The van der Waals surface area contributed by atoms with Crippen LogP contribution in [0.4, 0.5) is 4.39 Å². The minimum Gasteiger partial charge on any atom is -0.294 e. The summed E-state index contributed by atoms with van der Waals surface area (Å²) < 4.78 is 13.5. The number of hydrogen-bond donors (Lipinski definition) is 2. The fourth-order valence-corrected chi connectivity index (χ4v) is 2.61. The Morgan fingerprint density at radius 2 is 1.75 bits per heavy atom. The van der Waals surface area contributed by atoms with Gasteiger partial charge in [-0.3, -0.25) is 10.2 Å². The number of halogens is 1. The largest absolute Gasteiger partial charge is 0.294 e. The molecule has 0 atom stereocenters. The number of rotatable bonds is 5. The highest BCUT2D eigenvalue weighted by Crippen LogP contribution is 2.25. The molecular formula is C15H15FN2OS. The second kappa shape index (κ2) is 7.07. The van der Waals surface area contributed by atoms with Gasteiger partial charge in [0.15, 0.2) is 0 Å². The number of hydrogen-bond acceptors (Lipinski definition) is 3. The molecule has 0 radical (unpaired) electrons. The van der Waals surface area contributed by atoms with Gasteiger partial charge in [0.2, 0.25) is 5.91 Å². The lowest BCUT2D eigenvalue weighted by Gasteiger charge is -2.05. The molecule has 2 aromatic rings. The Bertz CT molecular complexity index is 587. The monoisotopic (exact) mass is 290 g/mol. The van der Waals surface area contributed by atoms with Crippen molar-refractivity contribution >= 4 is 17.7 Å². The van der Waals surface area contributed by atoms with Crippen LogP contribution in [-0.4, -0.2) is 5.91 Å². The quantitative estimate of drug-likeness (QED) is 0.385. The zero-order valence-electron chi connectivity index (χ0n) is 10.8. The second-order valence-electron chi connectivity index (χ2n) is 4.28. The minimum absolute atomic E-state index is 0.200. The summed E-state index contributed by atoms with van der Waals surface area (Å²) in [5.74, 6) is 5.30. The third kappa shape index (κ3) is 4.08. The van der Waals surface area contributed by atoms with Crippen molar-refractivity contribution in [1.29, 1.82) is 0 Å². The predicted molar refractivity (Wildman–Crippen MR) is 78.4 cm³/mol. The molecule has 1 amide bonds. The molecule has 20 heavy (non-hydrogen) atoms. The first-order valence-electron chi connectivity index (χ1n) is 6.13. The van der Waals surface area contributed by atoms with Crippen LogP contribution in [0.3, 0.4) is 0 Å². The van der Waals surface area contributed by atoms with Gasteiger partial charge < -0.3 is 0 Å². The standard InChI is InChI=1S/C15H15FN2OS/c16-13-3-1-2-4-14(13)20-10-12-7-5-11(6-8-12)9-15(19)18-17/h1-8H,9-10,17H2,(H,18,19). The second-order valence-corrected chi connectivity index (χ2v) is 5.30. The van der Waals surface area contributed by atoms with Crippen LogP contribution in [0.25, 0.3) is 0 Å². The first-order chi connectivity index (χ1) is 9.69. The third-order valence-electron chi connectivity index (χ3n) is 2.78. The maximum atomic E-state index is 13.5. The summed E-state index contributed by atoms with van der Waals surface area (Å²) in [5, 5.41) is 0. The molecule has 0 bridgehead atoms. The van der Waals surface area contributed by atoms with E-state index in [4.69, 9.17) is 5.84 Å². The van der Waals surface area contributed by atoms with Crippen LogP contribution in [0, 0.1) is 5.82 Å². The highest BCUT2D eigenvalue weighted by Gasteiger charge is 2.03. The summed E-state index contributed by atoms with van der Waals surface area (Å²) in [6.45, 7) is 0. The lowest BCUT2D eigenvalue weighted by molar-refractivity contribution is -0.120. The Morgan fingerprint density at radius 3 is 2.40 bits per heavy atom. The van der Waals surface area contributed by atoms with Gasteiger partial charge >= 0.3 is 0 Å². The maximum Gasteiger partial charge on any atom is 0.238 e. The molecule has 2 aromatic carbocycles. The first-order valence-corrected chi connectivity index (χ1v) is 7.12. The molecule has 3 N–H and O–H groups in total. The number of benzene rings is 2. The normalized spacial score (nSPS) is 10.3. The zero-order chi connectivity index (χ0) is 14.4. The number of carbonyl (C=O) groups is 1. The Hall–Kier alpha value is -1.85. The van der Waals surface area contributed by atoms with Gasteiger partial charge in [0.05, 0.1) is 6.42 Å². The summed E-state index contributed by atoms with van der Waals surface area (Å²) in [7, 11) is 0. The van der Waals surface area contributed by atoms with E-state index in [1.807, 2.05) is 30.3 Å². The van der Waals surface area contributed by atoms with Crippen molar-refractivity contribution in [3.63, 3.8) is 0 Å². The number of hydrazine groups is 1. The molecule has 0 saturated carbocycles. The molecule has 0 spiro atoms. The number of amides is 1. The zero-order valence-corrected chi connectivity index (χ0v) is 11.6. The number of thioether (sulfide) groups is 1. The van der Waals surface area contributed by atoms with Gasteiger partial charge in [-0.15, -0.1) is 11.8 Å². The molecule has 0 heterocycles. The van der Waals surface area contributed by atoms with E-state index in [0.29, 0.717) is 10.6 Å². The van der Waals surface area contributed by atoms with Crippen LogP contribution in [0.2, 0.25) is 0 Å². The van der Waals surface area contributed by atoms with Gasteiger partial charge in [0.1, 0.15) is 5.82 Å². The van der Waals surface area contributed by atoms with E-state index in [0.717, 1.165) is 11.1 Å². The van der Waals surface area contributed by atoms with Crippen LogP contribution in [0.5, 0.6) is 0 Å². The Kier molecular flexibility index (Phi) is 5.15. The topological polar surface area (TPSA) is 55.1 Å².